The summed E-state index contributed by atoms with van der Waals surface area (Å²) in [5.41, 5.74) is 4.07. The molecule has 0 aliphatic heterocycles. The van der Waals surface area contributed by atoms with E-state index in [1.54, 1.807) is 0 Å². The summed E-state index contributed by atoms with van der Waals surface area (Å²) < 4.78 is 0. The lowest BCUT2D eigenvalue weighted by Crippen LogP contribution is -1.83. The normalized spacial score (nSPS) is 10.9. The molecule has 2 rings (SSSR count). The van der Waals surface area contributed by atoms with Crippen molar-refractivity contribution >= 4 is 6.08 Å². The van der Waals surface area contributed by atoms with Gasteiger partial charge >= 0.3 is 0 Å². The van der Waals surface area contributed by atoms with Gasteiger partial charge in [0.1, 0.15) is 0 Å². The molecule has 0 radical (unpaired) electrons. The largest absolute Gasteiger partial charge is 0.0795 e. The Morgan fingerprint density at radius 1 is 0.833 bits per heavy atom. The summed E-state index contributed by atoms with van der Waals surface area (Å²) in [5, 5.41) is 0. The Kier molecular flexibility index (Phi) is 4.78. The molecule has 0 heteroatoms. The molecule has 18 heavy (non-hydrogen) atoms. The van der Waals surface area contributed by atoms with Gasteiger partial charge in [-0.3, -0.25) is 0 Å². The maximum Gasteiger partial charge on any atom is -0.00941 e. The second kappa shape index (κ2) is 6.80. The van der Waals surface area contributed by atoms with Crippen LogP contribution in [0.4, 0.5) is 0 Å². The second-order valence-corrected chi connectivity index (χ2v) is 4.58. The minimum absolute atomic E-state index is 0.998. The minimum atomic E-state index is 0.998. The zero-order chi connectivity index (χ0) is 12.6. The molecule has 0 bridgehead atoms. The predicted molar refractivity (Wildman–Crippen MR) is 79.6 cm³/mol. The molecule has 0 amide bonds. The van der Waals surface area contributed by atoms with E-state index in [1.165, 1.54) is 29.5 Å². The Bertz CT molecular complexity index is 477. The van der Waals surface area contributed by atoms with Crippen molar-refractivity contribution in [3.05, 3.63) is 77.4 Å². The number of hydrogen-bond donors (Lipinski definition) is 0. The number of rotatable bonds is 5. The van der Waals surface area contributed by atoms with Crippen LogP contribution in [-0.4, -0.2) is 0 Å². The molecular weight excluding hydrogens is 216 g/mol. The summed E-state index contributed by atoms with van der Waals surface area (Å²) >= 11 is 0. The minimum Gasteiger partial charge on any atom is -0.0795 e. The van der Waals surface area contributed by atoms with Gasteiger partial charge in [-0.1, -0.05) is 80.1 Å². The van der Waals surface area contributed by atoms with Crippen molar-refractivity contribution in [2.75, 3.05) is 0 Å². The van der Waals surface area contributed by atoms with E-state index in [0.717, 1.165) is 6.42 Å². The molecule has 0 atom stereocenters. The number of allylic oxidation sites excluding steroid dienone is 1. The van der Waals surface area contributed by atoms with Crippen LogP contribution in [0.25, 0.3) is 6.08 Å². The summed E-state index contributed by atoms with van der Waals surface area (Å²) in [6.07, 6.45) is 7.81. The predicted octanol–water partition coefficient (Wildman–Crippen LogP) is 4.90. The average Bonchev–Trinajstić information content (AvgIpc) is 2.42. The Hall–Kier alpha value is -1.82. The van der Waals surface area contributed by atoms with E-state index in [4.69, 9.17) is 0 Å². The van der Waals surface area contributed by atoms with Gasteiger partial charge < -0.3 is 0 Å². The van der Waals surface area contributed by atoms with Crippen molar-refractivity contribution in [3.63, 3.8) is 0 Å². The highest BCUT2D eigenvalue weighted by Crippen LogP contribution is 2.09. The van der Waals surface area contributed by atoms with Crippen molar-refractivity contribution in [2.24, 2.45) is 0 Å². The van der Waals surface area contributed by atoms with Crippen molar-refractivity contribution in [1.82, 2.24) is 0 Å². The van der Waals surface area contributed by atoms with Gasteiger partial charge in [0.15, 0.2) is 0 Å². The Morgan fingerprint density at radius 2 is 1.56 bits per heavy atom. The van der Waals surface area contributed by atoms with Crippen molar-refractivity contribution < 1.29 is 0 Å². The van der Waals surface area contributed by atoms with E-state index < -0.39 is 0 Å². The monoisotopic (exact) mass is 236 g/mol. The van der Waals surface area contributed by atoms with Gasteiger partial charge in [-0.15, -0.1) is 0 Å². The SMILES string of the molecule is CCCc1ccc(C=CCc2ccccc2)cc1. The molecule has 0 aliphatic rings. The third-order valence-corrected chi connectivity index (χ3v) is 3.03. The van der Waals surface area contributed by atoms with Gasteiger partial charge in [-0.05, 0) is 29.5 Å². The Balaban J connectivity index is 1.93. The van der Waals surface area contributed by atoms with Crippen LogP contribution in [-0.2, 0) is 12.8 Å². The molecule has 0 heterocycles. The van der Waals surface area contributed by atoms with E-state index in [9.17, 15) is 0 Å². The van der Waals surface area contributed by atoms with Gasteiger partial charge in [-0.25, -0.2) is 0 Å². The molecule has 2 aromatic carbocycles. The Morgan fingerprint density at radius 3 is 2.22 bits per heavy atom. The van der Waals surface area contributed by atoms with E-state index in [-0.39, 0.29) is 0 Å². The third kappa shape index (κ3) is 3.89. The standard InChI is InChI=1S/C18H20/c1-2-7-16-12-14-18(15-13-16)11-6-10-17-8-4-3-5-9-17/h3-6,8-9,11-15H,2,7,10H2,1H3. The lowest BCUT2D eigenvalue weighted by atomic mass is 10.1. The molecule has 0 fully saturated rings. The smallest absolute Gasteiger partial charge is 0.00941 e. The molecule has 92 valence electrons. The van der Waals surface area contributed by atoms with E-state index in [0.29, 0.717) is 0 Å². The number of benzene rings is 2. The first-order chi connectivity index (χ1) is 8.88. The van der Waals surface area contributed by atoms with Crippen LogP contribution in [0, 0.1) is 0 Å². The number of hydrogen-bond acceptors (Lipinski definition) is 0. The second-order valence-electron chi connectivity index (χ2n) is 4.58. The first kappa shape index (κ1) is 12.6. The molecular formula is C18H20. The van der Waals surface area contributed by atoms with Crippen molar-refractivity contribution in [3.8, 4) is 0 Å². The third-order valence-electron chi connectivity index (χ3n) is 3.03. The molecule has 0 saturated heterocycles. The van der Waals surface area contributed by atoms with Crippen LogP contribution < -0.4 is 0 Å². The highest BCUT2D eigenvalue weighted by atomic mass is 14.0. The average molecular weight is 236 g/mol. The summed E-state index contributed by atoms with van der Waals surface area (Å²) in [7, 11) is 0. The quantitative estimate of drug-likeness (QED) is 0.693. The summed E-state index contributed by atoms with van der Waals surface area (Å²) in [5.74, 6) is 0. The van der Waals surface area contributed by atoms with Crippen LogP contribution in [0.2, 0.25) is 0 Å². The summed E-state index contributed by atoms with van der Waals surface area (Å²) in [4.78, 5) is 0. The molecule has 0 unspecified atom stereocenters. The first-order valence-electron chi connectivity index (χ1n) is 6.68. The van der Waals surface area contributed by atoms with Gasteiger partial charge in [0, 0.05) is 0 Å². The maximum absolute atomic E-state index is 2.23. The number of aryl methyl sites for hydroxylation is 1. The van der Waals surface area contributed by atoms with Crippen LogP contribution in [0.5, 0.6) is 0 Å². The van der Waals surface area contributed by atoms with Crippen molar-refractivity contribution in [2.45, 2.75) is 26.2 Å². The highest BCUT2D eigenvalue weighted by molar-refractivity contribution is 5.50. The zero-order valence-electron chi connectivity index (χ0n) is 11.0. The molecule has 2 aromatic rings. The topological polar surface area (TPSA) is 0 Å². The summed E-state index contributed by atoms with van der Waals surface area (Å²) in [6.45, 7) is 2.22. The van der Waals surface area contributed by atoms with Crippen LogP contribution in [0.1, 0.15) is 30.0 Å². The van der Waals surface area contributed by atoms with Crippen molar-refractivity contribution in [1.29, 1.82) is 0 Å². The fourth-order valence-electron chi connectivity index (χ4n) is 2.03. The molecule has 0 N–H and O–H groups in total. The summed E-state index contributed by atoms with van der Waals surface area (Å²) in [6, 6.07) is 19.4. The van der Waals surface area contributed by atoms with E-state index in [1.807, 2.05) is 0 Å². The molecule has 0 spiro atoms. The van der Waals surface area contributed by atoms with Gasteiger partial charge in [-0.2, -0.15) is 0 Å². The molecule has 0 saturated carbocycles. The van der Waals surface area contributed by atoms with E-state index >= 15 is 0 Å². The maximum atomic E-state index is 2.23. The van der Waals surface area contributed by atoms with Crippen LogP contribution >= 0.6 is 0 Å². The van der Waals surface area contributed by atoms with Gasteiger partial charge in [0.25, 0.3) is 0 Å². The van der Waals surface area contributed by atoms with Gasteiger partial charge in [0.2, 0.25) is 0 Å². The zero-order valence-corrected chi connectivity index (χ0v) is 11.0. The van der Waals surface area contributed by atoms with E-state index in [2.05, 4.69) is 73.7 Å². The lowest BCUT2D eigenvalue weighted by molar-refractivity contribution is 0.922. The molecule has 0 aromatic heterocycles. The lowest BCUT2D eigenvalue weighted by Gasteiger charge is -1.99. The van der Waals surface area contributed by atoms with Gasteiger partial charge in [0.05, 0.1) is 0 Å². The Labute approximate surface area is 110 Å². The first-order valence-corrected chi connectivity index (χ1v) is 6.68. The van der Waals surface area contributed by atoms with Crippen LogP contribution in [0.15, 0.2) is 60.7 Å². The highest BCUT2D eigenvalue weighted by Gasteiger charge is 1.91. The van der Waals surface area contributed by atoms with Crippen LogP contribution in [0.3, 0.4) is 0 Å². The molecule has 0 aliphatic carbocycles. The molecule has 0 nitrogen and oxygen atoms in total. The fourth-order valence-corrected chi connectivity index (χ4v) is 2.03. The fraction of sp³-hybridized carbons (Fsp3) is 0.222.